The Kier molecular flexibility index (Phi) is 13.5. The molecule has 0 spiro atoms. The zero-order chi connectivity index (χ0) is 39.7. The maximum Gasteiger partial charge on any atom is 0.138 e. The number of aromatic nitrogens is 5. The minimum Gasteiger partial charge on any atom is -0.456 e. The van der Waals surface area contributed by atoms with Crippen LogP contribution in [0.5, 0.6) is 0 Å². The van der Waals surface area contributed by atoms with Gasteiger partial charge in [0.05, 0.1) is 11.6 Å². The number of rotatable bonds is 7. The summed E-state index contributed by atoms with van der Waals surface area (Å²) < 4.78 is 10.5. The number of hydrogen-bond acceptors (Lipinski definition) is 4. The Morgan fingerprint density at radius 1 is 0.627 bits per heavy atom. The number of aryl methyl sites for hydroxylation is 4. The SMILES string of the molecule is Cc1cc(CC(C)(C)C)cc(C)c1-n1cnnc1-c1[c-]cccc1.Cc1cc(Cc2cccc3c2oc2ccccc23)cc(C)c1-n1ccnc1-c1[c-]cccc1.[Ir].[Ir]. The van der Waals surface area contributed by atoms with Gasteiger partial charge < -0.3 is 13.6 Å². The van der Waals surface area contributed by atoms with Crippen LogP contribution in [-0.4, -0.2) is 24.3 Å². The first-order chi connectivity index (χ1) is 27.5. The van der Waals surface area contributed by atoms with Gasteiger partial charge in [0, 0.05) is 81.2 Å². The Morgan fingerprint density at radius 3 is 1.83 bits per heavy atom. The quantitative estimate of drug-likeness (QED) is 0.149. The summed E-state index contributed by atoms with van der Waals surface area (Å²) >= 11 is 0. The summed E-state index contributed by atoms with van der Waals surface area (Å²) in [5.41, 5.74) is 15.2. The van der Waals surface area contributed by atoms with E-state index in [1.807, 2.05) is 73.1 Å². The van der Waals surface area contributed by atoms with Gasteiger partial charge in [0.15, 0.2) is 0 Å². The predicted molar refractivity (Wildman–Crippen MR) is 232 cm³/mol. The molecule has 0 bridgehead atoms. The van der Waals surface area contributed by atoms with Crippen LogP contribution in [0.4, 0.5) is 0 Å². The van der Waals surface area contributed by atoms with Crippen LogP contribution in [0.3, 0.4) is 0 Å². The molecule has 0 aliphatic heterocycles. The fourth-order valence-corrected chi connectivity index (χ4v) is 8.16. The van der Waals surface area contributed by atoms with E-state index < -0.39 is 0 Å². The van der Waals surface area contributed by atoms with Gasteiger partial charge in [-0.2, -0.15) is 5.10 Å². The second kappa shape index (κ2) is 18.4. The van der Waals surface area contributed by atoms with Crippen LogP contribution in [-0.2, 0) is 53.1 Å². The zero-order valence-electron chi connectivity index (χ0n) is 34.4. The third-order valence-corrected chi connectivity index (χ3v) is 10.3. The number of fused-ring (bicyclic) bond motifs is 3. The summed E-state index contributed by atoms with van der Waals surface area (Å²) in [4.78, 5) is 4.61. The molecule has 59 heavy (non-hydrogen) atoms. The van der Waals surface area contributed by atoms with Crippen molar-refractivity contribution in [2.24, 2.45) is 5.41 Å². The molecule has 8 heteroatoms. The van der Waals surface area contributed by atoms with Gasteiger partial charge in [-0.1, -0.05) is 81.4 Å². The Labute approximate surface area is 374 Å². The molecule has 0 N–H and O–H groups in total. The number of nitrogens with zero attached hydrogens (tertiary/aromatic N) is 5. The predicted octanol–water partition coefficient (Wildman–Crippen LogP) is 12.4. The second-order valence-corrected chi connectivity index (χ2v) is 16.2. The number of furan rings is 1. The van der Waals surface area contributed by atoms with E-state index in [-0.39, 0.29) is 45.6 Å². The molecule has 0 unspecified atom stereocenters. The second-order valence-electron chi connectivity index (χ2n) is 16.2. The van der Waals surface area contributed by atoms with Crippen molar-refractivity contribution < 1.29 is 44.6 Å². The first kappa shape index (κ1) is 43.4. The van der Waals surface area contributed by atoms with Crippen molar-refractivity contribution in [2.45, 2.75) is 61.3 Å². The zero-order valence-corrected chi connectivity index (χ0v) is 39.2. The monoisotopic (exact) mass is 1130 g/mol. The van der Waals surface area contributed by atoms with Crippen LogP contribution in [0.15, 0.2) is 138 Å². The molecule has 0 atom stereocenters. The Morgan fingerprint density at radius 2 is 1.20 bits per heavy atom. The third-order valence-electron chi connectivity index (χ3n) is 10.3. The molecule has 9 rings (SSSR count). The van der Waals surface area contributed by atoms with Gasteiger partial charge >= 0.3 is 0 Å². The largest absolute Gasteiger partial charge is 0.456 e. The smallest absolute Gasteiger partial charge is 0.138 e. The summed E-state index contributed by atoms with van der Waals surface area (Å²) in [6, 6.07) is 46.2. The summed E-state index contributed by atoms with van der Waals surface area (Å²) in [5.74, 6) is 1.73. The van der Waals surface area contributed by atoms with E-state index in [1.165, 1.54) is 55.4 Å². The fourth-order valence-electron chi connectivity index (χ4n) is 8.16. The molecule has 3 aromatic heterocycles. The van der Waals surface area contributed by atoms with Crippen LogP contribution in [0.2, 0.25) is 0 Å². The molecule has 6 aromatic carbocycles. The van der Waals surface area contributed by atoms with E-state index in [1.54, 1.807) is 6.33 Å². The van der Waals surface area contributed by atoms with Gasteiger partial charge in [0.25, 0.3) is 0 Å². The fraction of sp³-hybridized carbons (Fsp3) is 0.196. The van der Waals surface area contributed by atoms with Crippen molar-refractivity contribution in [3.05, 3.63) is 185 Å². The molecule has 9 aromatic rings. The topological polar surface area (TPSA) is 61.7 Å². The van der Waals surface area contributed by atoms with Crippen molar-refractivity contribution >= 4 is 21.9 Å². The van der Waals surface area contributed by atoms with E-state index >= 15 is 0 Å². The molecule has 3 heterocycles. The first-order valence-electron chi connectivity index (χ1n) is 19.5. The summed E-state index contributed by atoms with van der Waals surface area (Å²) in [6.07, 6.45) is 7.55. The first-order valence-corrected chi connectivity index (χ1v) is 19.5. The molecular formula is C51H47Ir2N5O-2. The van der Waals surface area contributed by atoms with Crippen molar-refractivity contribution in [1.82, 2.24) is 24.3 Å². The minimum atomic E-state index is 0. The van der Waals surface area contributed by atoms with Crippen molar-refractivity contribution in [1.29, 1.82) is 0 Å². The number of imidazole rings is 1. The van der Waals surface area contributed by atoms with Crippen molar-refractivity contribution in [3.8, 4) is 34.2 Å². The van der Waals surface area contributed by atoms with Gasteiger partial charge in [0.1, 0.15) is 17.5 Å². The van der Waals surface area contributed by atoms with Gasteiger partial charge in [-0.25, -0.2) is 0 Å². The summed E-state index contributed by atoms with van der Waals surface area (Å²) in [6.45, 7) is 15.5. The Balaban J connectivity index is 0.000000202. The van der Waals surface area contributed by atoms with Gasteiger partial charge in [-0.15, -0.1) is 76.9 Å². The molecule has 6 nitrogen and oxygen atoms in total. The molecule has 0 saturated heterocycles. The number of benzene rings is 6. The molecule has 0 fully saturated rings. The van der Waals surface area contributed by atoms with E-state index in [0.717, 1.165) is 52.5 Å². The maximum absolute atomic E-state index is 6.25. The van der Waals surface area contributed by atoms with E-state index in [0.29, 0.717) is 0 Å². The van der Waals surface area contributed by atoms with Crippen LogP contribution < -0.4 is 0 Å². The van der Waals surface area contributed by atoms with Gasteiger partial charge in [-0.3, -0.25) is 4.98 Å². The third kappa shape index (κ3) is 9.33. The Bertz CT molecular complexity index is 2780. The van der Waals surface area contributed by atoms with Gasteiger partial charge in [0.2, 0.25) is 0 Å². The number of hydrogen-bond donors (Lipinski definition) is 0. The average molecular weight is 1130 g/mol. The van der Waals surface area contributed by atoms with Crippen LogP contribution in [0.25, 0.3) is 56.1 Å². The van der Waals surface area contributed by atoms with E-state index in [9.17, 15) is 0 Å². The van der Waals surface area contributed by atoms with Crippen LogP contribution >= 0.6 is 0 Å². The molecule has 0 saturated carbocycles. The summed E-state index contributed by atoms with van der Waals surface area (Å²) in [5, 5.41) is 10.8. The van der Waals surface area contributed by atoms with Crippen molar-refractivity contribution in [3.63, 3.8) is 0 Å². The van der Waals surface area contributed by atoms with Crippen LogP contribution in [0, 0.1) is 45.2 Å². The Hall–Kier alpha value is -5.23. The molecular weight excluding hydrogens is 1080 g/mol. The normalized spacial score (nSPS) is 11.2. The van der Waals surface area contributed by atoms with Gasteiger partial charge in [-0.05, 0) is 84.5 Å². The van der Waals surface area contributed by atoms with E-state index in [2.05, 4.69) is 140 Å². The number of para-hydroxylation sites is 2. The maximum atomic E-state index is 6.25. The molecule has 0 aliphatic rings. The summed E-state index contributed by atoms with van der Waals surface area (Å²) in [7, 11) is 0. The molecule has 302 valence electrons. The standard InChI is InChI=1S/C30H23N2O.C21H24N3.2Ir/c1-20-17-22(19-24-11-8-13-26-25-12-6-7-14-27(25)33-29(24)26)18-21(2)28(20)32-16-15-31-30(32)23-9-4-3-5-10-23;1-15-11-17(13-21(3,4)5)12-16(2)19(15)24-14-22-23-20(24)18-9-7-6-8-10-18;;/h3-9,11-18H,19H2,1-2H3;6-9,11-12,14H,13H2,1-5H3;;/q2*-1;;. The van der Waals surface area contributed by atoms with E-state index in [4.69, 9.17) is 4.42 Å². The average Bonchev–Trinajstić information content (AvgIpc) is 3.95. The molecule has 2 radical (unpaired) electrons. The molecule has 0 amide bonds. The molecule has 0 aliphatic carbocycles. The minimum absolute atomic E-state index is 0. The van der Waals surface area contributed by atoms with Crippen molar-refractivity contribution in [2.75, 3.05) is 0 Å². The van der Waals surface area contributed by atoms with Crippen LogP contribution in [0.1, 0.15) is 59.7 Å².